The first-order valence-electron chi connectivity index (χ1n) is 26.2. The fourth-order valence-electron chi connectivity index (χ4n) is 18.2. The minimum absolute atomic E-state index is 0.0288. The van der Waals surface area contributed by atoms with Crippen LogP contribution in [0, 0.1) is 74.9 Å². The fraction of sp³-hybridized carbons (Fsp3) is 0.839. The zero-order chi connectivity index (χ0) is 44.3. The van der Waals surface area contributed by atoms with Gasteiger partial charge >= 0.3 is 0 Å². The number of rotatable bonds is 7. The Morgan fingerprint density at radius 2 is 1.70 bits per heavy atom. The highest BCUT2D eigenvalue weighted by molar-refractivity contribution is 5.91. The molecule has 0 spiro atoms. The van der Waals surface area contributed by atoms with Crippen LogP contribution in [0.4, 0.5) is 0 Å². The summed E-state index contributed by atoms with van der Waals surface area (Å²) >= 11 is 0. The van der Waals surface area contributed by atoms with Crippen molar-refractivity contribution in [1.29, 1.82) is 0 Å². The average molecular weight is 869 g/mol. The van der Waals surface area contributed by atoms with E-state index >= 15 is 0 Å². The molecule has 3 aliphatic heterocycles. The van der Waals surface area contributed by atoms with E-state index in [4.69, 9.17) is 18.9 Å². The van der Waals surface area contributed by atoms with E-state index in [1.165, 1.54) is 87.3 Å². The highest BCUT2D eigenvalue weighted by atomic mass is 16.7. The highest BCUT2D eigenvalue weighted by Crippen LogP contribution is 2.73. The molecule has 7 nitrogen and oxygen atoms in total. The molecule has 9 fully saturated rings. The van der Waals surface area contributed by atoms with Gasteiger partial charge in [-0.25, -0.2) is 0 Å². The Bertz CT molecular complexity index is 1880. The molecular weight excluding hydrogens is 785 g/mol. The number of ketones is 1. The molecule has 11 rings (SSSR count). The molecule has 4 unspecified atom stereocenters. The maximum absolute atomic E-state index is 12.0. The molecule has 11 aliphatic rings. The van der Waals surface area contributed by atoms with Gasteiger partial charge in [-0.2, -0.15) is 0 Å². The molecule has 3 saturated heterocycles. The molecule has 2 bridgehead atoms. The van der Waals surface area contributed by atoms with Crippen LogP contribution < -0.4 is 0 Å². The van der Waals surface area contributed by atoms with Gasteiger partial charge in [-0.15, -0.1) is 0 Å². The third kappa shape index (κ3) is 7.09. The van der Waals surface area contributed by atoms with E-state index in [0.29, 0.717) is 52.8 Å². The third-order valence-electron chi connectivity index (χ3n) is 21.5. The minimum Gasteiger partial charge on any atom is -0.396 e. The average Bonchev–Trinajstić information content (AvgIpc) is 3.86. The van der Waals surface area contributed by atoms with Gasteiger partial charge in [0, 0.05) is 42.6 Å². The summed E-state index contributed by atoms with van der Waals surface area (Å²) < 4.78 is 26.2. The van der Waals surface area contributed by atoms with Gasteiger partial charge in [-0.3, -0.25) is 4.79 Å². The first-order chi connectivity index (χ1) is 30.0. The lowest BCUT2D eigenvalue weighted by atomic mass is 9.46. The smallest absolute Gasteiger partial charge is 0.177 e. The zero-order valence-corrected chi connectivity index (χ0v) is 40.3. The number of allylic oxidation sites excluding steroid dienone is 5. The van der Waals surface area contributed by atoms with Crippen molar-refractivity contribution in [3.8, 4) is 0 Å². The van der Waals surface area contributed by atoms with Crippen LogP contribution in [0.25, 0.3) is 0 Å². The normalized spacial score (nSPS) is 51.4. The summed E-state index contributed by atoms with van der Waals surface area (Å²) in [6.45, 7) is 21.8. The number of ether oxygens (including phenoxy) is 4. The lowest BCUT2D eigenvalue weighted by Crippen LogP contribution is -2.65. The van der Waals surface area contributed by atoms with Crippen LogP contribution in [0.1, 0.15) is 170 Å². The van der Waals surface area contributed by atoms with E-state index in [1.54, 1.807) is 5.57 Å². The molecule has 0 radical (unpaired) electrons. The molecule has 0 aromatic heterocycles. The predicted molar refractivity (Wildman–Crippen MR) is 247 cm³/mol. The third-order valence-corrected chi connectivity index (χ3v) is 21.5. The van der Waals surface area contributed by atoms with E-state index in [2.05, 4.69) is 60.3 Å². The van der Waals surface area contributed by atoms with Crippen LogP contribution in [-0.4, -0.2) is 65.7 Å². The van der Waals surface area contributed by atoms with Crippen molar-refractivity contribution < 1.29 is 34.0 Å². The van der Waals surface area contributed by atoms with Crippen molar-refractivity contribution in [3.63, 3.8) is 0 Å². The standard InChI is InChI=1S/C29H44O6.C27H40O/c1-16-26(31)18(14-30)12-24(33-16)34-20-8-10-27(2)19(13-20)5-6-22-21(27)9-11-28(3)25-17-4-7-23(25)35-29(22,28)32-15-17;1-18(2)7-6-8-19(3)23-11-12-24-22-10-9-20-17-21(28)13-15-26(20,4)25(22)14-16-27(23,24)5/h5,16-18,20-26,30-31H,4,6-15H2,1-3H3;7,17,22-25H,3,6,8-16H2,1-2,4-5H3/t16?,17-,18?,20+,21+,22-,23-,24?,25+,26?,27+,28-,29-;22-,23+,24-,25-,26-,27+/m10/s1. The number of hydrogen-bond acceptors (Lipinski definition) is 7. The molecular formula is C56H84O7. The van der Waals surface area contributed by atoms with Crippen molar-refractivity contribution in [2.75, 3.05) is 13.2 Å². The summed E-state index contributed by atoms with van der Waals surface area (Å²) in [5.41, 5.74) is 7.12. The summed E-state index contributed by atoms with van der Waals surface area (Å²) in [5.74, 6) is 5.52. The molecule has 3 heterocycles. The Labute approximate surface area is 380 Å². The summed E-state index contributed by atoms with van der Waals surface area (Å²) in [5, 5.41) is 19.9. The van der Waals surface area contributed by atoms with E-state index < -0.39 is 6.10 Å². The molecule has 0 aromatic carbocycles. The topological polar surface area (TPSA) is 94.5 Å². The SMILES string of the molecule is C=C(CCC=C(C)C)[C@H]1CC[C@H]2[C@@H]3CCC4=CC(=O)CC[C@]4(C)[C@H]3CC[C@]12C.CC1OC(O[C@H]2CC[C@@]3(C)C(=CC[C@@H]4[C@@H]3CC[C@]3(C)[C@H]5[C@@H]6CC[C@H]5O[C@]43OC6)C2)CC(CO)C1O. The first-order valence-corrected chi connectivity index (χ1v) is 26.2. The molecule has 0 aromatic rings. The maximum Gasteiger partial charge on any atom is 0.177 e. The van der Waals surface area contributed by atoms with Gasteiger partial charge in [-0.1, -0.05) is 68.7 Å². The number of aliphatic hydroxyl groups excluding tert-OH is 2. The van der Waals surface area contributed by atoms with Crippen LogP contribution in [0.15, 0.2) is 47.1 Å². The number of carbonyl (C=O) groups excluding carboxylic acids is 1. The second kappa shape index (κ2) is 16.6. The molecule has 0 amide bonds. The molecule has 8 aliphatic carbocycles. The minimum atomic E-state index is -0.626. The monoisotopic (exact) mass is 869 g/mol. The van der Waals surface area contributed by atoms with Gasteiger partial charge in [-0.05, 0) is 188 Å². The second-order valence-electron chi connectivity index (χ2n) is 24.6. The number of fused-ring (bicyclic) bond motifs is 8. The largest absolute Gasteiger partial charge is 0.396 e. The Hall–Kier alpha value is -1.61. The van der Waals surface area contributed by atoms with Crippen LogP contribution >= 0.6 is 0 Å². The molecule has 350 valence electrons. The molecule has 19 atom stereocenters. The van der Waals surface area contributed by atoms with Crippen molar-refractivity contribution >= 4 is 5.78 Å². The molecule has 6 saturated carbocycles. The molecule has 63 heavy (non-hydrogen) atoms. The van der Waals surface area contributed by atoms with Crippen LogP contribution in [-0.2, 0) is 23.7 Å². The fourth-order valence-corrected chi connectivity index (χ4v) is 18.2. The highest BCUT2D eigenvalue weighted by Gasteiger charge is 2.75. The van der Waals surface area contributed by atoms with Crippen LogP contribution in [0.5, 0.6) is 0 Å². The Morgan fingerprint density at radius 1 is 0.905 bits per heavy atom. The van der Waals surface area contributed by atoms with Crippen molar-refractivity contribution in [3.05, 3.63) is 47.1 Å². The van der Waals surface area contributed by atoms with Gasteiger partial charge in [0.15, 0.2) is 17.9 Å². The summed E-state index contributed by atoms with van der Waals surface area (Å²) in [4.78, 5) is 12.0. The van der Waals surface area contributed by atoms with Crippen molar-refractivity contribution in [2.45, 2.75) is 207 Å². The van der Waals surface area contributed by atoms with Gasteiger partial charge in [0.05, 0.1) is 31.0 Å². The van der Waals surface area contributed by atoms with E-state index in [9.17, 15) is 15.0 Å². The van der Waals surface area contributed by atoms with Gasteiger partial charge in [0.1, 0.15) is 0 Å². The zero-order valence-electron chi connectivity index (χ0n) is 40.3. The van der Waals surface area contributed by atoms with E-state index in [1.807, 2.05) is 13.0 Å². The van der Waals surface area contributed by atoms with Gasteiger partial charge < -0.3 is 29.2 Å². The van der Waals surface area contributed by atoms with Gasteiger partial charge in [0.2, 0.25) is 0 Å². The lowest BCUT2D eigenvalue weighted by Gasteiger charge is -2.63. The second-order valence-corrected chi connectivity index (χ2v) is 24.6. The number of aliphatic hydroxyl groups is 2. The van der Waals surface area contributed by atoms with Crippen molar-refractivity contribution in [2.24, 2.45) is 74.9 Å². The summed E-state index contributed by atoms with van der Waals surface area (Å²) in [7, 11) is 0. The molecule has 2 N–H and O–H groups in total. The Kier molecular flexibility index (Phi) is 11.9. The summed E-state index contributed by atoms with van der Waals surface area (Å²) in [6, 6.07) is 0. The lowest BCUT2D eigenvalue weighted by molar-refractivity contribution is -0.345. The summed E-state index contributed by atoms with van der Waals surface area (Å²) in [6.07, 6.45) is 28.1. The first kappa shape index (κ1) is 45.2. The van der Waals surface area contributed by atoms with E-state index in [0.717, 1.165) is 75.2 Å². The van der Waals surface area contributed by atoms with Gasteiger partial charge in [0.25, 0.3) is 0 Å². The van der Waals surface area contributed by atoms with E-state index in [-0.39, 0.29) is 47.6 Å². The number of hydrogen-bond donors (Lipinski definition) is 2. The van der Waals surface area contributed by atoms with Crippen LogP contribution in [0.2, 0.25) is 0 Å². The predicted octanol–water partition coefficient (Wildman–Crippen LogP) is 11.6. The van der Waals surface area contributed by atoms with Crippen molar-refractivity contribution in [1.82, 2.24) is 0 Å². The maximum atomic E-state index is 12.0. The quantitative estimate of drug-likeness (QED) is 0.246. The molecule has 7 heteroatoms. The number of carbonyl (C=O) groups is 1. The van der Waals surface area contributed by atoms with Crippen LogP contribution in [0.3, 0.4) is 0 Å². The Morgan fingerprint density at radius 3 is 2.49 bits per heavy atom. The Balaban J connectivity index is 0.000000154.